The molecule has 0 spiro atoms. The first kappa shape index (κ1) is 15.6. The van der Waals surface area contributed by atoms with E-state index in [0.717, 1.165) is 11.1 Å². The van der Waals surface area contributed by atoms with Crippen molar-refractivity contribution in [2.45, 2.75) is 40.3 Å². The van der Waals surface area contributed by atoms with Gasteiger partial charge in [0.15, 0.2) is 0 Å². The Balaban J connectivity index is 2.69. The van der Waals surface area contributed by atoms with Crippen LogP contribution < -0.4 is 15.4 Å². The van der Waals surface area contributed by atoms with Gasteiger partial charge in [0.25, 0.3) is 0 Å². The molecule has 0 aliphatic rings. The van der Waals surface area contributed by atoms with Gasteiger partial charge in [-0.2, -0.15) is 0 Å². The van der Waals surface area contributed by atoms with Crippen LogP contribution in [0.2, 0.25) is 5.02 Å². The summed E-state index contributed by atoms with van der Waals surface area (Å²) < 4.78 is 5.42. The van der Waals surface area contributed by atoms with E-state index in [1.807, 2.05) is 39.8 Å². The van der Waals surface area contributed by atoms with E-state index in [9.17, 15) is 4.79 Å². The zero-order valence-electron chi connectivity index (χ0n) is 11.8. The first-order chi connectivity index (χ1) is 8.93. The monoisotopic (exact) mass is 284 g/mol. The molecule has 0 unspecified atom stereocenters. The minimum absolute atomic E-state index is 0.116. The summed E-state index contributed by atoms with van der Waals surface area (Å²) in [6.45, 7) is 8.73. The molecule has 5 heteroatoms. The topological polar surface area (TPSA) is 50.4 Å². The van der Waals surface area contributed by atoms with Crippen molar-refractivity contribution in [3.8, 4) is 5.75 Å². The quantitative estimate of drug-likeness (QED) is 0.872. The van der Waals surface area contributed by atoms with Crippen molar-refractivity contribution in [1.29, 1.82) is 0 Å². The molecule has 0 radical (unpaired) electrons. The van der Waals surface area contributed by atoms with Crippen LogP contribution in [0.15, 0.2) is 12.1 Å². The van der Waals surface area contributed by atoms with Crippen LogP contribution >= 0.6 is 11.6 Å². The Morgan fingerprint density at radius 3 is 2.68 bits per heavy atom. The van der Waals surface area contributed by atoms with Crippen molar-refractivity contribution in [3.63, 3.8) is 0 Å². The molecular formula is C14H21ClN2O2. The molecule has 0 saturated carbocycles. The van der Waals surface area contributed by atoms with Gasteiger partial charge < -0.3 is 15.4 Å². The lowest BCUT2D eigenvalue weighted by atomic mass is 10.1. The second-order valence-corrected chi connectivity index (χ2v) is 5.03. The summed E-state index contributed by atoms with van der Waals surface area (Å²) in [5.74, 6) is 0.678. The van der Waals surface area contributed by atoms with Gasteiger partial charge >= 0.3 is 6.03 Å². The number of carbonyl (C=O) groups excluding carboxylic acids is 1. The number of rotatable bonds is 5. The second kappa shape index (κ2) is 7.24. The minimum Gasteiger partial charge on any atom is -0.492 e. The lowest BCUT2D eigenvalue weighted by molar-refractivity contribution is 0.238. The molecule has 0 bridgehead atoms. The molecule has 0 aliphatic carbocycles. The first-order valence-electron chi connectivity index (χ1n) is 6.40. The van der Waals surface area contributed by atoms with E-state index < -0.39 is 0 Å². The number of aryl methyl sites for hydroxylation is 1. The largest absolute Gasteiger partial charge is 0.492 e. The van der Waals surface area contributed by atoms with Gasteiger partial charge in [0.2, 0.25) is 0 Å². The fourth-order valence-electron chi connectivity index (χ4n) is 1.64. The van der Waals surface area contributed by atoms with Crippen molar-refractivity contribution in [2.75, 3.05) is 6.61 Å². The number of nitrogens with one attached hydrogen (secondary N) is 2. The maximum Gasteiger partial charge on any atom is 0.315 e. The molecule has 0 aromatic heterocycles. The van der Waals surface area contributed by atoms with Gasteiger partial charge in [-0.1, -0.05) is 11.6 Å². The zero-order chi connectivity index (χ0) is 14.4. The number of benzene rings is 1. The molecule has 2 N–H and O–H groups in total. The Labute approximate surface area is 119 Å². The van der Waals surface area contributed by atoms with Crippen molar-refractivity contribution in [3.05, 3.63) is 28.3 Å². The van der Waals surface area contributed by atoms with E-state index in [1.54, 1.807) is 0 Å². The summed E-state index contributed by atoms with van der Waals surface area (Å²) in [6.07, 6.45) is 0. The normalized spacial score (nSPS) is 10.4. The number of hydrogen-bond acceptors (Lipinski definition) is 2. The van der Waals surface area contributed by atoms with Gasteiger partial charge in [0.05, 0.1) is 11.6 Å². The standard InChI is InChI=1S/C14H21ClN2O2/c1-5-19-13-6-10(4)11(7-12(13)15)8-16-14(18)17-9(2)3/h6-7,9H,5,8H2,1-4H3,(H2,16,17,18). The van der Waals surface area contributed by atoms with Crippen LogP contribution in [0.5, 0.6) is 5.75 Å². The third-order valence-electron chi connectivity index (χ3n) is 2.55. The Bertz CT molecular complexity index is 447. The number of carbonyl (C=O) groups is 1. The Morgan fingerprint density at radius 1 is 1.42 bits per heavy atom. The average Bonchev–Trinajstić information content (AvgIpc) is 2.31. The van der Waals surface area contributed by atoms with Crippen LogP contribution in [0.4, 0.5) is 4.79 Å². The lowest BCUT2D eigenvalue weighted by Gasteiger charge is -2.13. The van der Waals surface area contributed by atoms with Gasteiger partial charge in [0.1, 0.15) is 5.75 Å². The van der Waals surface area contributed by atoms with Gasteiger partial charge in [-0.25, -0.2) is 4.79 Å². The third kappa shape index (κ3) is 4.99. The van der Waals surface area contributed by atoms with E-state index in [-0.39, 0.29) is 12.1 Å². The van der Waals surface area contributed by atoms with E-state index in [1.165, 1.54) is 0 Å². The summed E-state index contributed by atoms with van der Waals surface area (Å²) in [4.78, 5) is 11.5. The van der Waals surface area contributed by atoms with Crippen LogP contribution in [-0.2, 0) is 6.54 Å². The molecule has 0 saturated heterocycles. The van der Waals surface area contributed by atoms with E-state index >= 15 is 0 Å². The predicted octanol–water partition coefficient (Wildman–Crippen LogP) is 3.25. The summed E-state index contributed by atoms with van der Waals surface area (Å²) in [5.41, 5.74) is 2.02. The number of ether oxygens (including phenoxy) is 1. The minimum atomic E-state index is -0.181. The van der Waals surface area contributed by atoms with Crippen LogP contribution in [0, 0.1) is 6.92 Å². The molecular weight excluding hydrogens is 264 g/mol. The van der Waals surface area contributed by atoms with Crippen LogP contribution in [0.1, 0.15) is 31.9 Å². The van der Waals surface area contributed by atoms with Gasteiger partial charge in [-0.15, -0.1) is 0 Å². The van der Waals surface area contributed by atoms with E-state index in [4.69, 9.17) is 16.3 Å². The van der Waals surface area contributed by atoms with Gasteiger partial charge in [-0.05, 0) is 51.0 Å². The molecule has 1 aromatic rings. The molecule has 0 heterocycles. The third-order valence-corrected chi connectivity index (χ3v) is 2.84. The Hall–Kier alpha value is -1.42. The molecule has 2 amide bonds. The predicted molar refractivity (Wildman–Crippen MR) is 77.9 cm³/mol. The maximum atomic E-state index is 11.5. The highest BCUT2D eigenvalue weighted by molar-refractivity contribution is 6.32. The molecule has 4 nitrogen and oxygen atoms in total. The SMILES string of the molecule is CCOc1cc(C)c(CNC(=O)NC(C)C)cc1Cl. The first-order valence-corrected chi connectivity index (χ1v) is 6.78. The molecule has 106 valence electrons. The number of hydrogen-bond donors (Lipinski definition) is 2. The molecule has 1 aromatic carbocycles. The maximum absolute atomic E-state index is 11.5. The summed E-state index contributed by atoms with van der Waals surface area (Å²) >= 11 is 6.13. The van der Waals surface area contributed by atoms with E-state index in [0.29, 0.717) is 23.9 Å². The molecule has 0 atom stereocenters. The summed E-state index contributed by atoms with van der Waals surface area (Å²) in [7, 11) is 0. The van der Waals surface area contributed by atoms with Crippen LogP contribution in [0.25, 0.3) is 0 Å². The zero-order valence-corrected chi connectivity index (χ0v) is 12.6. The molecule has 1 rings (SSSR count). The van der Waals surface area contributed by atoms with E-state index in [2.05, 4.69) is 10.6 Å². The van der Waals surface area contributed by atoms with Crippen LogP contribution in [-0.4, -0.2) is 18.7 Å². The Kier molecular flexibility index (Phi) is 5.96. The molecule has 19 heavy (non-hydrogen) atoms. The Morgan fingerprint density at radius 2 is 2.11 bits per heavy atom. The smallest absolute Gasteiger partial charge is 0.315 e. The van der Waals surface area contributed by atoms with Crippen molar-refractivity contribution in [1.82, 2.24) is 10.6 Å². The molecule has 0 aliphatic heterocycles. The van der Waals surface area contributed by atoms with Gasteiger partial charge in [0, 0.05) is 12.6 Å². The average molecular weight is 285 g/mol. The number of halogens is 1. The van der Waals surface area contributed by atoms with Crippen molar-refractivity contribution < 1.29 is 9.53 Å². The van der Waals surface area contributed by atoms with Crippen LogP contribution in [0.3, 0.4) is 0 Å². The number of amides is 2. The fourth-order valence-corrected chi connectivity index (χ4v) is 1.88. The van der Waals surface area contributed by atoms with Crippen molar-refractivity contribution in [2.24, 2.45) is 0 Å². The lowest BCUT2D eigenvalue weighted by Crippen LogP contribution is -2.39. The second-order valence-electron chi connectivity index (χ2n) is 4.62. The fraction of sp³-hybridized carbons (Fsp3) is 0.500. The highest BCUT2D eigenvalue weighted by Gasteiger charge is 2.08. The summed E-state index contributed by atoms with van der Waals surface area (Å²) in [5, 5.41) is 6.13. The van der Waals surface area contributed by atoms with Crippen molar-refractivity contribution >= 4 is 17.6 Å². The highest BCUT2D eigenvalue weighted by atomic mass is 35.5. The summed E-state index contributed by atoms with van der Waals surface area (Å²) in [6, 6.07) is 3.66. The highest BCUT2D eigenvalue weighted by Crippen LogP contribution is 2.28. The molecule has 0 fully saturated rings. The van der Waals surface area contributed by atoms with Gasteiger partial charge in [-0.3, -0.25) is 0 Å². The number of urea groups is 1.